The largest absolute Gasteiger partial charge is 0.460 e. The lowest BCUT2D eigenvalue weighted by Gasteiger charge is -2.42. The van der Waals surface area contributed by atoms with E-state index < -0.39 is 102 Å². The van der Waals surface area contributed by atoms with Crippen molar-refractivity contribution in [1.29, 1.82) is 0 Å². The quantitative estimate of drug-likeness (QED) is 0.0113. The summed E-state index contributed by atoms with van der Waals surface area (Å²) >= 11 is 0. The lowest BCUT2D eigenvalue weighted by atomic mass is 9.78. The molecule has 2 bridgehead atoms. The van der Waals surface area contributed by atoms with Crippen LogP contribution >= 0.6 is 0 Å². The van der Waals surface area contributed by atoms with Gasteiger partial charge in [0.15, 0.2) is 17.0 Å². The van der Waals surface area contributed by atoms with E-state index in [0.29, 0.717) is 215 Å². The number of nitrogens with one attached hydrogen (secondary N) is 1. The van der Waals surface area contributed by atoms with Gasteiger partial charge in [0.1, 0.15) is 59.6 Å². The highest BCUT2D eigenvalue weighted by atomic mass is 16.6. The number of benzene rings is 2. The molecule has 1 aliphatic carbocycles. The fraction of sp³-hybridized carbons (Fsp3) is 0.660. The first-order valence-electron chi connectivity index (χ1n) is 48.6. The van der Waals surface area contributed by atoms with Crippen LogP contribution in [0.5, 0.6) is 0 Å². The Labute approximate surface area is 792 Å². The Kier molecular flexibility index (Phi) is 39.8. The summed E-state index contributed by atoms with van der Waals surface area (Å²) in [7, 11) is 4.49. The molecule has 7 aliphatic rings. The maximum atomic E-state index is 14.8. The van der Waals surface area contributed by atoms with Crippen molar-refractivity contribution in [1.82, 2.24) is 49.6 Å². The number of oxazole rings is 1. The Morgan fingerprint density at radius 2 is 1.40 bits per heavy atom. The van der Waals surface area contributed by atoms with Crippen LogP contribution in [0.1, 0.15) is 174 Å². The normalized spacial score (nSPS) is 27.9. The first-order chi connectivity index (χ1) is 65.1. The number of carbonyl (C=O) groups excluding carboxylic acids is 8. The lowest BCUT2D eigenvalue weighted by molar-refractivity contribution is -0.265. The second-order valence-corrected chi connectivity index (χ2v) is 37.6. The van der Waals surface area contributed by atoms with Crippen LogP contribution in [0.4, 0.5) is 16.6 Å². The van der Waals surface area contributed by atoms with E-state index >= 15 is 0 Å². The molecule has 12 rings (SSSR count). The fourth-order valence-corrected chi connectivity index (χ4v) is 19.9. The maximum absolute atomic E-state index is 14.8. The molecule has 7 N–H and O–H groups in total. The number of cyclic esters (lactones) is 1. The zero-order chi connectivity index (χ0) is 96.2. The number of ether oxygens (including phenoxy) is 12. The maximum Gasteiger partial charge on any atom is 0.407 e. The van der Waals surface area contributed by atoms with Crippen LogP contribution in [0, 0.1) is 41.4 Å². The third-order valence-corrected chi connectivity index (χ3v) is 27.9. The number of nitrogens with two attached hydrogens (primary N) is 2. The molecule has 4 saturated heterocycles. The molecule has 3 aromatic heterocycles. The molecule has 5 fully saturated rings. The van der Waals surface area contributed by atoms with E-state index in [-0.39, 0.29) is 86.1 Å². The number of likely N-dealkylation sites (tertiary alicyclic amines) is 2. The summed E-state index contributed by atoms with van der Waals surface area (Å²) < 4.78 is 77.4. The number of rotatable bonds is 33. The van der Waals surface area contributed by atoms with Gasteiger partial charge in [0.2, 0.25) is 17.6 Å². The van der Waals surface area contributed by atoms with Gasteiger partial charge in [0.05, 0.1) is 116 Å². The number of aromatic nitrogens is 5. The monoisotopic (exact) mass is 1880 g/mol. The minimum absolute atomic E-state index is 0.00450. The highest BCUT2D eigenvalue weighted by Crippen LogP contribution is 2.41. The van der Waals surface area contributed by atoms with Crippen molar-refractivity contribution in [3.8, 4) is 11.3 Å². The number of anilines is 2. The summed E-state index contributed by atoms with van der Waals surface area (Å²) in [5, 5.41) is 32.2. The minimum Gasteiger partial charge on any atom is -0.460 e. The summed E-state index contributed by atoms with van der Waals surface area (Å²) in [6.45, 7) is 21.9. The number of methoxy groups -OCH3 is 3. The molecule has 5 aromatic rings. The van der Waals surface area contributed by atoms with Crippen molar-refractivity contribution in [2.45, 2.75) is 238 Å². The van der Waals surface area contributed by atoms with Crippen LogP contribution in [-0.2, 0) is 110 Å². The second kappa shape index (κ2) is 51.4. The number of ketones is 3. The predicted molar refractivity (Wildman–Crippen MR) is 503 cm³/mol. The number of piperidine rings is 3. The molecule has 742 valence electrons. The van der Waals surface area contributed by atoms with Gasteiger partial charge in [-0.2, -0.15) is 10.1 Å². The summed E-state index contributed by atoms with van der Waals surface area (Å²) in [4.78, 5) is 133. The number of nitrogen functional groups attached to an aromatic ring is 2. The zero-order valence-corrected chi connectivity index (χ0v) is 80.5. The molecule has 6 aliphatic heterocycles. The number of aliphatic hydroxyl groups is 2. The summed E-state index contributed by atoms with van der Waals surface area (Å²) in [5.74, 6) is -8.02. The molecule has 9 heterocycles. The number of amides is 4. The van der Waals surface area contributed by atoms with Crippen LogP contribution < -0.4 is 16.8 Å². The molecule has 35 nitrogen and oxygen atoms in total. The average molecular weight is 1880 g/mol. The lowest BCUT2D eigenvalue weighted by Crippen LogP contribution is -2.61. The van der Waals surface area contributed by atoms with E-state index in [9.17, 15) is 48.6 Å². The Balaban J connectivity index is 0.482. The van der Waals surface area contributed by atoms with Crippen LogP contribution in [0.15, 0.2) is 94.7 Å². The number of hydrogen-bond acceptors (Lipinski definition) is 30. The van der Waals surface area contributed by atoms with Gasteiger partial charge in [0, 0.05) is 109 Å². The molecule has 35 heteroatoms. The van der Waals surface area contributed by atoms with Crippen molar-refractivity contribution in [3.05, 3.63) is 107 Å². The van der Waals surface area contributed by atoms with Crippen LogP contribution in [-0.4, -0.2) is 309 Å². The predicted octanol–water partition coefficient (Wildman–Crippen LogP) is 9.85. The third kappa shape index (κ3) is 28.7. The molecule has 15 atom stereocenters. The molecule has 0 unspecified atom stereocenters. The van der Waals surface area contributed by atoms with E-state index in [1.165, 1.54) is 23.9 Å². The number of fused-ring (bicyclic) bond motifs is 6. The number of aliphatic hydroxyl groups excluding tert-OH is 1. The van der Waals surface area contributed by atoms with Crippen molar-refractivity contribution in [3.63, 3.8) is 0 Å². The minimum atomic E-state index is -2.49. The van der Waals surface area contributed by atoms with Gasteiger partial charge < -0.3 is 108 Å². The summed E-state index contributed by atoms with van der Waals surface area (Å²) in [6.07, 6.45) is 15.3. The molecular weight excluding hydrogens is 1740 g/mol. The molecule has 0 radical (unpaired) electrons. The number of alkyl carbamates (subject to hydrolysis) is 1. The first kappa shape index (κ1) is 105. The van der Waals surface area contributed by atoms with Gasteiger partial charge in [0.25, 0.3) is 17.7 Å². The molecule has 0 spiro atoms. The number of carbonyl (C=O) groups is 8. The van der Waals surface area contributed by atoms with E-state index in [0.717, 1.165) is 67.5 Å². The number of Topliss-reactive ketones (excluding diaryl/α,β-unsaturated/α-hetero) is 3. The number of allylic oxidation sites excluding steroid dienone is 6. The van der Waals surface area contributed by atoms with Gasteiger partial charge in [-0.05, 0) is 187 Å². The smallest absolute Gasteiger partial charge is 0.407 e. The highest BCUT2D eigenvalue weighted by Gasteiger charge is 2.54. The first-order valence-corrected chi connectivity index (χ1v) is 48.6. The molecular formula is C100H144N12O23. The molecule has 2 aromatic carbocycles. The number of nitrogens with zero attached hydrogens (tertiary/aromatic N) is 9. The Hall–Kier alpha value is -9.34. The molecule has 135 heavy (non-hydrogen) atoms. The fourth-order valence-electron chi connectivity index (χ4n) is 19.9. The standard InChI is InChI=1S/C100H144N12O23/c1-63-16-12-11-13-17-64(2)83(123-8)58-77-24-19-69(7)100(122,135-77)92(117)96(119)111-34-15-14-18-79(111)97(120)132-84(59-80(113)65(3)53-68(6)90(116)91(125-10)89(115)67(5)52-63)66(4)54-70-21-25-82(85(56-70)124-9)134-99(121)103-33-41-127-43-45-129-47-49-131-51-50-130-48-46-128-44-42-126-40-32-86(114)109-38-30-76(31-39-109)108-35-27-72(28-36-108)95(118)110-37-29-73-55-71(20-22-75(73)61-110)60-112-94-87(93(101)104-62-105-94)88(107-112)74-23-26-81-78(57-74)106-98(102)133-81/h11-13,16-17,20,22-23,26,53,55,57,62-63,65-67,69-70,72,76-77,79,82-85,90-91,116,122H,14-15,18-19,21,24-25,27-52,54,56,58-61H2,1-10H3,(H2,102,106)(H,103,121)(H2,101,104,105)/b13-11+,16-12+,64-17+,68-53+/t63-,65-,66-,67-,69-,70+,77+,79+,82-,83+,84+,85-,90-,91+,100-/m1/s1. The van der Waals surface area contributed by atoms with Crippen molar-refractivity contribution in [2.24, 2.45) is 41.4 Å². The van der Waals surface area contributed by atoms with Crippen LogP contribution in [0.25, 0.3) is 33.4 Å². The number of esters is 1. The summed E-state index contributed by atoms with van der Waals surface area (Å²) in [5.41, 5.74) is 20.1. The van der Waals surface area contributed by atoms with E-state index in [1.807, 2.05) is 83.8 Å². The van der Waals surface area contributed by atoms with Gasteiger partial charge in [-0.25, -0.2) is 24.2 Å². The third-order valence-electron chi connectivity index (χ3n) is 27.9. The average Bonchev–Trinajstić information content (AvgIpc) is 1.44. The van der Waals surface area contributed by atoms with Crippen molar-refractivity contribution < 1.29 is 110 Å². The summed E-state index contributed by atoms with van der Waals surface area (Å²) in [6, 6.07) is 11.3. The van der Waals surface area contributed by atoms with E-state index in [2.05, 4.69) is 43.4 Å². The van der Waals surface area contributed by atoms with Crippen LogP contribution in [0.3, 0.4) is 0 Å². The van der Waals surface area contributed by atoms with Gasteiger partial charge in [-0.3, -0.25) is 28.8 Å². The van der Waals surface area contributed by atoms with Gasteiger partial charge in [-0.1, -0.05) is 89.3 Å². The molecule has 4 amide bonds. The van der Waals surface area contributed by atoms with Crippen molar-refractivity contribution >= 4 is 81.1 Å². The van der Waals surface area contributed by atoms with Gasteiger partial charge >= 0.3 is 12.1 Å². The van der Waals surface area contributed by atoms with Gasteiger partial charge in [-0.15, -0.1) is 0 Å². The molecule has 1 saturated carbocycles. The highest BCUT2D eigenvalue weighted by molar-refractivity contribution is 6.39. The van der Waals surface area contributed by atoms with E-state index in [4.69, 9.17) is 77.8 Å². The Morgan fingerprint density at radius 1 is 0.696 bits per heavy atom. The van der Waals surface area contributed by atoms with E-state index in [1.54, 1.807) is 48.0 Å². The number of hydrogen-bond donors (Lipinski definition) is 5. The topological polar surface area (TPSA) is 434 Å². The van der Waals surface area contributed by atoms with Crippen LogP contribution in [0.2, 0.25) is 0 Å². The van der Waals surface area contributed by atoms with Crippen molar-refractivity contribution in [2.75, 3.05) is 158 Å². The Bertz CT molecular complexity index is 4890. The second-order valence-electron chi connectivity index (χ2n) is 37.6. The Morgan fingerprint density at radius 3 is 2.10 bits per heavy atom. The zero-order valence-electron chi connectivity index (χ0n) is 80.5. The SMILES string of the molecule is CO[C@H]1C[C@@H]2CC[C@@H](C)[C@@](O)(O2)C(=O)C(=O)N2CCCC[C@H]2C(=O)O[C@H]([C@H](C)C[C@@H]2CC[C@@H](OC(=O)NCCOCCOCCOCCOCCOCCOCCC(=O)N3CCC(N4CCC(C(=O)N5CCc6cc(Cn7nc(-c8ccc9oc(N)nc9c8)c8c(N)ncnc87)ccc6C5)CC4)CC3)[C@H](OC)C2)CC(=O)[C@H](C)/C=C(\C)[C@@H](O)[C@@H](OC)C(=O)[C@H](C)C[C@H](C)/C=C/C=C/C=C/1C.